The fourth-order valence-corrected chi connectivity index (χ4v) is 3.63. The molecule has 0 aromatic carbocycles. The normalized spacial score (nSPS) is 11.3. The number of aliphatic hydroxyl groups is 1. The predicted octanol–water partition coefficient (Wildman–Crippen LogP) is 4.00. The monoisotopic (exact) mass is 524 g/mol. The lowest BCUT2D eigenvalue weighted by molar-refractivity contribution is 0.0688. The third kappa shape index (κ3) is 5.30. The molecule has 188 valence electrons. The van der Waals surface area contributed by atoms with Crippen LogP contribution in [0.5, 0.6) is 5.75 Å². The molecule has 0 fully saturated rings. The molecule has 4 rings (SSSR count). The smallest absolute Gasteiger partial charge is 0.277 e. The average molecular weight is 525 g/mol. The summed E-state index contributed by atoms with van der Waals surface area (Å²) in [7, 11) is 0. The molecular formula is C25H19ClF2N6O3. The molecule has 0 radical (unpaired) electrons. The summed E-state index contributed by atoms with van der Waals surface area (Å²) in [5, 5.41) is 19.6. The highest BCUT2D eigenvalue weighted by Crippen LogP contribution is 2.27. The molecule has 0 aliphatic rings. The highest BCUT2D eigenvalue weighted by molar-refractivity contribution is 6.31. The van der Waals surface area contributed by atoms with E-state index in [1.807, 2.05) is 6.07 Å². The molecule has 0 aliphatic carbocycles. The summed E-state index contributed by atoms with van der Waals surface area (Å²) in [5.74, 6) is -1.60. The van der Waals surface area contributed by atoms with Gasteiger partial charge in [-0.2, -0.15) is 5.26 Å². The van der Waals surface area contributed by atoms with Crippen LogP contribution in [0.25, 0.3) is 17.1 Å². The summed E-state index contributed by atoms with van der Waals surface area (Å²) in [4.78, 5) is 29.6. The van der Waals surface area contributed by atoms with Gasteiger partial charge in [-0.15, -0.1) is 0 Å². The molecule has 1 N–H and O–H groups in total. The molecule has 37 heavy (non-hydrogen) atoms. The number of nitrogens with zero attached hydrogens (tertiary/aromatic N) is 6. The van der Waals surface area contributed by atoms with Crippen LogP contribution < -0.4 is 10.3 Å². The third-order valence-electron chi connectivity index (χ3n) is 5.26. The van der Waals surface area contributed by atoms with Crippen molar-refractivity contribution < 1.29 is 18.6 Å². The zero-order chi connectivity index (χ0) is 26.9. The van der Waals surface area contributed by atoms with Crippen LogP contribution in [0.3, 0.4) is 0 Å². The summed E-state index contributed by atoms with van der Waals surface area (Å²) >= 11 is 6.30. The topological polar surface area (TPSA) is 127 Å². The Morgan fingerprint density at radius 1 is 1.16 bits per heavy atom. The lowest BCUT2D eigenvalue weighted by Crippen LogP contribution is -2.23. The number of aromatic nitrogens is 5. The van der Waals surface area contributed by atoms with Gasteiger partial charge in [-0.1, -0.05) is 11.6 Å². The van der Waals surface area contributed by atoms with E-state index in [4.69, 9.17) is 16.3 Å². The van der Waals surface area contributed by atoms with Crippen molar-refractivity contribution in [3.05, 3.63) is 92.6 Å². The summed E-state index contributed by atoms with van der Waals surface area (Å²) in [6.45, 7) is 4.28. The van der Waals surface area contributed by atoms with E-state index in [9.17, 15) is 23.9 Å². The number of nitriles is 1. The molecular weight excluding hydrogens is 506 g/mol. The quantitative estimate of drug-likeness (QED) is 0.401. The third-order valence-corrected chi connectivity index (χ3v) is 5.60. The minimum atomic E-state index is -1.30. The van der Waals surface area contributed by atoms with E-state index < -0.39 is 29.4 Å². The maximum atomic E-state index is 13.9. The van der Waals surface area contributed by atoms with Gasteiger partial charge in [0.1, 0.15) is 40.6 Å². The van der Waals surface area contributed by atoms with Crippen molar-refractivity contribution in [3.63, 3.8) is 0 Å². The number of rotatable bonds is 6. The van der Waals surface area contributed by atoms with Gasteiger partial charge in [-0.25, -0.2) is 18.7 Å². The van der Waals surface area contributed by atoms with E-state index in [0.717, 1.165) is 6.20 Å². The Balaban J connectivity index is 1.76. The number of aryl methyl sites for hydroxylation is 1. The highest BCUT2D eigenvalue weighted by Gasteiger charge is 2.22. The lowest BCUT2D eigenvalue weighted by Gasteiger charge is -2.17. The van der Waals surface area contributed by atoms with Crippen molar-refractivity contribution in [3.8, 4) is 28.9 Å². The molecule has 0 atom stereocenters. The Bertz CT molecular complexity index is 1610. The fourth-order valence-electron chi connectivity index (χ4n) is 3.43. The summed E-state index contributed by atoms with van der Waals surface area (Å²) in [6, 6.07) is 7.20. The maximum absolute atomic E-state index is 13.9. The fraction of sp³-hybridized carbons (Fsp3) is 0.200. The van der Waals surface area contributed by atoms with E-state index in [1.165, 1.54) is 29.1 Å². The van der Waals surface area contributed by atoms with Crippen LogP contribution in [-0.4, -0.2) is 29.6 Å². The molecule has 0 spiro atoms. The summed E-state index contributed by atoms with van der Waals surface area (Å²) < 4.78 is 33.7. The van der Waals surface area contributed by atoms with Gasteiger partial charge in [0.2, 0.25) is 0 Å². The standard InChI is InChI=1S/C25H19ClF2N6O3/c1-13-6-21(37-12-19-16(28)7-15(27)11-32-19)22(26)23(35)34(13)20-8-18(31-10-14(20)9-29)17-4-5-30-24(33-17)25(2,3)36/h4-8,10-11,36H,12H2,1-3H3. The van der Waals surface area contributed by atoms with Crippen LogP contribution in [0.2, 0.25) is 5.02 Å². The van der Waals surface area contributed by atoms with Crippen LogP contribution in [0.1, 0.15) is 36.6 Å². The van der Waals surface area contributed by atoms with Gasteiger partial charge in [-0.3, -0.25) is 19.3 Å². The van der Waals surface area contributed by atoms with Gasteiger partial charge < -0.3 is 9.84 Å². The number of halogens is 3. The molecule has 0 bridgehead atoms. The van der Waals surface area contributed by atoms with Gasteiger partial charge in [0.05, 0.1) is 28.8 Å². The Morgan fingerprint density at radius 3 is 2.59 bits per heavy atom. The van der Waals surface area contributed by atoms with Crippen LogP contribution in [-0.2, 0) is 12.2 Å². The first-order valence-corrected chi connectivity index (χ1v) is 11.2. The molecule has 0 unspecified atom stereocenters. The Hall–Kier alpha value is -4.27. The maximum Gasteiger partial charge on any atom is 0.277 e. The molecule has 0 saturated heterocycles. The van der Waals surface area contributed by atoms with E-state index >= 15 is 0 Å². The Kier molecular flexibility index (Phi) is 6.98. The SMILES string of the molecule is Cc1cc(OCc2ncc(F)cc2F)c(Cl)c(=O)n1-c1cc(-c2ccnc(C(C)(C)O)n2)ncc1C#N. The molecule has 4 aromatic rings. The predicted molar refractivity (Wildman–Crippen MR) is 129 cm³/mol. The van der Waals surface area contributed by atoms with E-state index in [1.54, 1.807) is 26.8 Å². The molecule has 0 amide bonds. The first-order chi connectivity index (χ1) is 17.5. The number of ether oxygens (including phenoxy) is 1. The van der Waals surface area contributed by atoms with Crippen molar-refractivity contribution in [1.29, 1.82) is 5.26 Å². The zero-order valence-corrected chi connectivity index (χ0v) is 20.6. The average Bonchev–Trinajstić information content (AvgIpc) is 2.86. The zero-order valence-electron chi connectivity index (χ0n) is 19.8. The van der Waals surface area contributed by atoms with Gasteiger partial charge in [0.25, 0.3) is 5.56 Å². The minimum Gasteiger partial charge on any atom is -0.485 e. The minimum absolute atomic E-state index is 0.0376. The first-order valence-electron chi connectivity index (χ1n) is 10.8. The second kappa shape index (κ2) is 10.0. The molecule has 4 heterocycles. The highest BCUT2D eigenvalue weighted by atomic mass is 35.5. The number of pyridine rings is 3. The second-order valence-corrected chi connectivity index (χ2v) is 8.88. The first kappa shape index (κ1) is 25.8. The summed E-state index contributed by atoms with van der Waals surface area (Å²) in [6.07, 6.45) is 3.61. The van der Waals surface area contributed by atoms with Gasteiger partial charge in [0, 0.05) is 30.2 Å². The Labute approximate surface area is 214 Å². The lowest BCUT2D eigenvalue weighted by atomic mass is 10.1. The van der Waals surface area contributed by atoms with Crippen molar-refractivity contribution >= 4 is 11.6 Å². The molecule has 4 aromatic heterocycles. The van der Waals surface area contributed by atoms with Crippen molar-refractivity contribution in [1.82, 2.24) is 24.5 Å². The molecule has 0 saturated carbocycles. The van der Waals surface area contributed by atoms with Crippen LogP contribution in [0, 0.1) is 29.9 Å². The van der Waals surface area contributed by atoms with Gasteiger partial charge in [0.15, 0.2) is 11.6 Å². The van der Waals surface area contributed by atoms with Gasteiger partial charge >= 0.3 is 0 Å². The second-order valence-electron chi connectivity index (χ2n) is 8.50. The van der Waals surface area contributed by atoms with Crippen molar-refractivity contribution in [2.45, 2.75) is 33.0 Å². The number of hydrogen-bond donors (Lipinski definition) is 1. The van der Waals surface area contributed by atoms with E-state index in [0.29, 0.717) is 23.1 Å². The molecule has 9 nitrogen and oxygen atoms in total. The van der Waals surface area contributed by atoms with E-state index in [2.05, 4.69) is 19.9 Å². The molecule has 0 aliphatic heterocycles. The largest absolute Gasteiger partial charge is 0.485 e. The molecule has 12 heteroatoms. The number of hydrogen-bond acceptors (Lipinski definition) is 8. The van der Waals surface area contributed by atoms with Crippen molar-refractivity contribution in [2.24, 2.45) is 0 Å². The van der Waals surface area contributed by atoms with Crippen LogP contribution in [0.4, 0.5) is 8.78 Å². The van der Waals surface area contributed by atoms with E-state index in [-0.39, 0.29) is 33.5 Å². The summed E-state index contributed by atoms with van der Waals surface area (Å²) in [5.41, 5.74) is -0.838. The van der Waals surface area contributed by atoms with Crippen LogP contribution >= 0.6 is 11.6 Å². The van der Waals surface area contributed by atoms with Crippen LogP contribution in [0.15, 0.2) is 47.7 Å². The van der Waals surface area contributed by atoms with Gasteiger partial charge in [-0.05, 0) is 32.9 Å². The Morgan fingerprint density at radius 2 is 1.92 bits per heavy atom. The van der Waals surface area contributed by atoms with Crippen molar-refractivity contribution in [2.75, 3.05) is 0 Å².